The number of carbonyl (C=O) groups is 2. The first-order valence-corrected chi connectivity index (χ1v) is 7.16. The summed E-state index contributed by atoms with van der Waals surface area (Å²) in [6, 6.07) is 3.32. The first-order chi connectivity index (χ1) is 10.6. The molecule has 1 N–H and O–H groups in total. The van der Waals surface area contributed by atoms with Crippen LogP contribution in [0, 0.1) is 0 Å². The zero-order valence-corrected chi connectivity index (χ0v) is 12.0. The Morgan fingerprint density at radius 2 is 2.14 bits per heavy atom. The molecule has 22 heavy (non-hydrogen) atoms. The van der Waals surface area contributed by atoms with E-state index in [2.05, 4.69) is 9.88 Å². The Labute approximate surface area is 127 Å². The lowest BCUT2D eigenvalue weighted by molar-refractivity contribution is -0.191. The van der Waals surface area contributed by atoms with Crippen LogP contribution in [-0.2, 0) is 14.4 Å². The fourth-order valence-corrected chi connectivity index (χ4v) is 2.39. The van der Waals surface area contributed by atoms with E-state index in [0.717, 1.165) is 24.0 Å². The third-order valence-electron chi connectivity index (χ3n) is 3.63. The molecule has 8 heteroatoms. The van der Waals surface area contributed by atoms with Crippen LogP contribution >= 0.6 is 0 Å². The molecule has 3 heterocycles. The van der Waals surface area contributed by atoms with E-state index in [1.807, 2.05) is 0 Å². The summed E-state index contributed by atoms with van der Waals surface area (Å²) < 4.78 is 5.27. The molecule has 1 atom stereocenters. The fraction of sp³-hybridized carbons (Fsp3) is 0.500. The molecule has 0 radical (unpaired) electrons. The van der Waals surface area contributed by atoms with Gasteiger partial charge in [-0.1, -0.05) is 0 Å². The SMILES string of the molecule is O=C(ON1C(=O)CCC1O)c1ccc(N2CCOCC2)nc1. The minimum atomic E-state index is -1.07. The molecule has 0 spiro atoms. The third kappa shape index (κ3) is 3.02. The van der Waals surface area contributed by atoms with Gasteiger partial charge in [-0.25, -0.2) is 9.78 Å². The highest BCUT2D eigenvalue weighted by molar-refractivity contribution is 5.90. The fourth-order valence-electron chi connectivity index (χ4n) is 2.39. The van der Waals surface area contributed by atoms with Crippen LogP contribution in [0.25, 0.3) is 0 Å². The van der Waals surface area contributed by atoms with Crippen LogP contribution < -0.4 is 4.90 Å². The van der Waals surface area contributed by atoms with Crippen molar-refractivity contribution in [1.82, 2.24) is 10.0 Å². The van der Waals surface area contributed by atoms with E-state index in [9.17, 15) is 14.7 Å². The first kappa shape index (κ1) is 14.7. The quantitative estimate of drug-likeness (QED) is 0.835. The number of hydrogen-bond donors (Lipinski definition) is 1. The van der Waals surface area contributed by atoms with Crippen LogP contribution in [0.5, 0.6) is 0 Å². The lowest BCUT2D eigenvalue weighted by atomic mass is 10.3. The second kappa shape index (κ2) is 6.29. The van der Waals surface area contributed by atoms with Gasteiger partial charge in [-0.05, 0) is 12.1 Å². The van der Waals surface area contributed by atoms with E-state index in [1.54, 1.807) is 12.1 Å². The van der Waals surface area contributed by atoms with Crippen LogP contribution in [0.15, 0.2) is 18.3 Å². The standard InChI is InChI=1S/C14H17N3O5/c18-12-3-4-13(19)17(12)22-14(20)10-1-2-11(15-9-10)16-5-7-21-8-6-16/h1-2,9,12,18H,3-8H2. The number of amides is 1. The number of hydroxylamine groups is 2. The number of aromatic nitrogens is 1. The number of carbonyl (C=O) groups excluding carboxylic acids is 2. The third-order valence-corrected chi connectivity index (χ3v) is 3.63. The molecular formula is C14H17N3O5. The molecule has 2 aliphatic heterocycles. The monoisotopic (exact) mass is 307 g/mol. The van der Waals surface area contributed by atoms with Crippen molar-refractivity contribution >= 4 is 17.7 Å². The Bertz CT molecular complexity index is 556. The molecule has 1 aromatic heterocycles. The zero-order chi connectivity index (χ0) is 15.5. The average Bonchev–Trinajstić information content (AvgIpc) is 2.88. The van der Waals surface area contributed by atoms with Crippen molar-refractivity contribution < 1.29 is 24.3 Å². The molecule has 1 aromatic rings. The molecule has 0 aliphatic carbocycles. The summed E-state index contributed by atoms with van der Waals surface area (Å²) in [5.74, 6) is -0.355. The molecule has 0 saturated carbocycles. The number of morpholine rings is 1. The number of aliphatic hydroxyl groups is 1. The topological polar surface area (TPSA) is 92.2 Å². The van der Waals surface area contributed by atoms with Crippen LogP contribution in [-0.4, -0.2) is 59.6 Å². The summed E-state index contributed by atoms with van der Waals surface area (Å²) >= 11 is 0. The molecule has 8 nitrogen and oxygen atoms in total. The van der Waals surface area contributed by atoms with E-state index >= 15 is 0 Å². The van der Waals surface area contributed by atoms with Crippen molar-refractivity contribution in [2.75, 3.05) is 31.2 Å². The van der Waals surface area contributed by atoms with E-state index < -0.39 is 18.1 Å². The summed E-state index contributed by atoms with van der Waals surface area (Å²) in [5.41, 5.74) is 0.226. The Morgan fingerprint density at radius 1 is 1.36 bits per heavy atom. The molecular weight excluding hydrogens is 290 g/mol. The lowest BCUT2D eigenvalue weighted by Gasteiger charge is -2.27. The zero-order valence-electron chi connectivity index (χ0n) is 12.0. The first-order valence-electron chi connectivity index (χ1n) is 7.16. The molecule has 0 bridgehead atoms. The van der Waals surface area contributed by atoms with E-state index in [1.165, 1.54) is 6.20 Å². The second-order valence-corrected chi connectivity index (χ2v) is 5.12. The van der Waals surface area contributed by atoms with Gasteiger partial charge in [0.1, 0.15) is 5.82 Å². The van der Waals surface area contributed by atoms with Crippen molar-refractivity contribution in [3.05, 3.63) is 23.9 Å². The van der Waals surface area contributed by atoms with Gasteiger partial charge in [0.15, 0.2) is 6.23 Å². The number of pyridine rings is 1. The largest absolute Gasteiger partial charge is 0.378 e. The van der Waals surface area contributed by atoms with Gasteiger partial charge in [-0.2, -0.15) is 0 Å². The predicted molar refractivity (Wildman–Crippen MR) is 74.8 cm³/mol. The van der Waals surface area contributed by atoms with Crippen LogP contribution in [0.4, 0.5) is 5.82 Å². The van der Waals surface area contributed by atoms with Gasteiger partial charge >= 0.3 is 5.97 Å². The summed E-state index contributed by atoms with van der Waals surface area (Å²) in [6.07, 6.45) is 0.764. The number of anilines is 1. The highest BCUT2D eigenvalue weighted by Crippen LogP contribution is 2.19. The lowest BCUT2D eigenvalue weighted by Crippen LogP contribution is -2.37. The van der Waals surface area contributed by atoms with E-state index in [4.69, 9.17) is 9.57 Å². The minimum Gasteiger partial charge on any atom is -0.378 e. The van der Waals surface area contributed by atoms with Crippen molar-refractivity contribution in [1.29, 1.82) is 0 Å². The summed E-state index contributed by atoms with van der Waals surface area (Å²) in [4.78, 5) is 34.7. The second-order valence-electron chi connectivity index (χ2n) is 5.12. The van der Waals surface area contributed by atoms with Crippen LogP contribution in [0.1, 0.15) is 23.2 Å². The predicted octanol–water partition coefficient (Wildman–Crippen LogP) is -0.0692. The van der Waals surface area contributed by atoms with Gasteiger partial charge in [0, 0.05) is 32.1 Å². The number of rotatable bonds is 3. The van der Waals surface area contributed by atoms with Crippen LogP contribution in [0.2, 0.25) is 0 Å². The van der Waals surface area contributed by atoms with Crippen molar-refractivity contribution in [3.8, 4) is 0 Å². The minimum absolute atomic E-state index is 0.169. The van der Waals surface area contributed by atoms with Gasteiger partial charge in [-0.15, -0.1) is 5.06 Å². The Balaban J connectivity index is 1.64. The van der Waals surface area contributed by atoms with Gasteiger partial charge in [0.05, 0.1) is 18.8 Å². The van der Waals surface area contributed by atoms with E-state index in [-0.39, 0.29) is 18.4 Å². The smallest absolute Gasteiger partial charge is 0.364 e. The number of hydrogen-bond acceptors (Lipinski definition) is 7. The maximum atomic E-state index is 12.0. The Hall–Kier alpha value is -2.19. The summed E-state index contributed by atoms with van der Waals surface area (Å²) in [6.45, 7) is 2.82. The number of ether oxygens (including phenoxy) is 1. The molecule has 2 saturated heterocycles. The van der Waals surface area contributed by atoms with E-state index in [0.29, 0.717) is 13.2 Å². The molecule has 0 aromatic carbocycles. The molecule has 2 fully saturated rings. The van der Waals surface area contributed by atoms with Gasteiger partial charge < -0.3 is 19.6 Å². The van der Waals surface area contributed by atoms with Crippen molar-refractivity contribution in [3.63, 3.8) is 0 Å². The van der Waals surface area contributed by atoms with Crippen molar-refractivity contribution in [2.45, 2.75) is 19.1 Å². The average molecular weight is 307 g/mol. The van der Waals surface area contributed by atoms with Crippen molar-refractivity contribution in [2.24, 2.45) is 0 Å². The Kier molecular flexibility index (Phi) is 4.21. The maximum Gasteiger partial charge on any atom is 0.364 e. The molecule has 118 valence electrons. The highest BCUT2D eigenvalue weighted by Gasteiger charge is 2.33. The molecule has 1 amide bonds. The number of aliphatic hydroxyl groups excluding tert-OH is 1. The summed E-state index contributed by atoms with van der Waals surface area (Å²) in [5, 5.41) is 10.3. The maximum absolute atomic E-state index is 12.0. The van der Waals surface area contributed by atoms with Crippen LogP contribution in [0.3, 0.4) is 0 Å². The molecule has 2 aliphatic rings. The van der Waals surface area contributed by atoms with Gasteiger partial charge in [-0.3, -0.25) is 4.79 Å². The Morgan fingerprint density at radius 3 is 2.73 bits per heavy atom. The number of nitrogens with zero attached hydrogens (tertiary/aromatic N) is 3. The highest BCUT2D eigenvalue weighted by atomic mass is 16.7. The van der Waals surface area contributed by atoms with Gasteiger partial charge in [0.2, 0.25) is 0 Å². The molecule has 1 unspecified atom stereocenters. The normalized spacial score (nSPS) is 22.0. The van der Waals surface area contributed by atoms with Gasteiger partial charge in [0.25, 0.3) is 5.91 Å². The molecule has 3 rings (SSSR count). The summed E-state index contributed by atoms with van der Waals surface area (Å²) in [7, 11) is 0.